The number of benzene rings is 1. The molecule has 7 heteroatoms. The Morgan fingerprint density at radius 2 is 1.87 bits per heavy atom. The molecule has 7 nitrogen and oxygen atoms in total. The van der Waals surface area contributed by atoms with Gasteiger partial charge in [0.1, 0.15) is 5.69 Å². The van der Waals surface area contributed by atoms with E-state index in [4.69, 9.17) is 9.62 Å². The predicted molar refractivity (Wildman–Crippen MR) is 83.4 cm³/mol. The zero-order valence-electron chi connectivity index (χ0n) is 12.3. The smallest absolute Gasteiger partial charge is 0.299 e. The zero-order valence-corrected chi connectivity index (χ0v) is 12.3. The highest BCUT2D eigenvalue weighted by Gasteiger charge is 2.08. The molecule has 0 aliphatic heterocycles. The lowest BCUT2D eigenvalue weighted by Gasteiger charge is -2.02. The minimum Gasteiger partial charge on any atom is -0.423 e. The van der Waals surface area contributed by atoms with Gasteiger partial charge in [-0.1, -0.05) is 29.8 Å². The number of carbonyl (C=O) groups is 1. The minimum atomic E-state index is -0.672. The molecule has 3 aromatic rings. The van der Waals surface area contributed by atoms with Crippen molar-refractivity contribution in [2.45, 2.75) is 6.92 Å². The summed E-state index contributed by atoms with van der Waals surface area (Å²) in [5.41, 5.74) is 4.34. The van der Waals surface area contributed by atoms with Crippen LogP contribution in [0.4, 0.5) is 11.7 Å². The lowest BCUT2D eigenvalue weighted by atomic mass is 10.1. The van der Waals surface area contributed by atoms with Gasteiger partial charge < -0.3 is 9.73 Å². The molecule has 23 heavy (non-hydrogen) atoms. The Kier molecular flexibility index (Phi) is 4.03. The SMILES string of the molecule is Cc1ccc(-c2cnc(Nc3ccc(C(=O)NO)nc3)o2)cc1. The molecule has 3 rings (SSSR count). The number of hydroxylamine groups is 1. The highest BCUT2D eigenvalue weighted by Crippen LogP contribution is 2.24. The first kappa shape index (κ1) is 14.7. The summed E-state index contributed by atoms with van der Waals surface area (Å²) in [4.78, 5) is 19.3. The molecule has 0 bridgehead atoms. The highest BCUT2D eigenvalue weighted by atomic mass is 16.5. The Balaban J connectivity index is 1.74. The van der Waals surface area contributed by atoms with Crippen molar-refractivity contribution in [1.82, 2.24) is 15.4 Å². The van der Waals surface area contributed by atoms with E-state index in [9.17, 15) is 4.79 Å². The molecule has 0 radical (unpaired) electrons. The molecule has 0 unspecified atom stereocenters. The first-order chi connectivity index (χ1) is 11.2. The summed E-state index contributed by atoms with van der Waals surface area (Å²) in [7, 11) is 0. The fourth-order valence-electron chi connectivity index (χ4n) is 1.97. The normalized spacial score (nSPS) is 10.3. The molecule has 1 amide bonds. The van der Waals surface area contributed by atoms with Crippen molar-refractivity contribution in [2.24, 2.45) is 0 Å². The lowest BCUT2D eigenvalue weighted by molar-refractivity contribution is 0.0701. The number of rotatable bonds is 4. The van der Waals surface area contributed by atoms with Gasteiger partial charge in [0, 0.05) is 5.56 Å². The third-order valence-corrected chi connectivity index (χ3v) is 3.19. The number of oxazole rings is 1. The van der Waals surface area contributed by atoms with Crippen LogP contribution in [0.3, 0.4) is 0 Å². The topological polar surface area (TPSA) is 100 Å². The van der Waals surface area contributed by atoms with Gasteiger partial charge in [0.2, 0.25) is 0 Å². The van der Waals surface area contributed by atoms with Gasteiger partial charge in [-0.25, -0.2) is 15.4 Å². The maximum Gasteiger partial charge on any atom is 0.299 e. The molecule has 0 saturated heterocycles. The van der Waals surface area contributed by atoms with Crippen LogP contribution >= 0.6 is 0 Å². The molecule has 0 aliphatic rings. The second kappa shape index (κ2) is 6.29. The number of nitrogens with one attached hydrogen (secondary N) is 2. The van der Waals surface area contributed by atoms with Gasteiger partial charge in [0.05, 0.1) is 18.1 Å². The van der Waals surface area contributed by atoms with E-state index in [1.807, 2.05) is 31.2 Å². The third-order valence-electron chi connectivity index (χ3n) is 3.19. The number of hydrogen-bond donors (Lipinski definition) is 3. The Morgan fingerprint density at radius 3 is 2.52 bits per heavy atom. The van der Waals surface area contributed by atoms with Crippen LogP contribution in [0, 0.1) is 6.92 Å². The predicted octanol–water partition coefficient (Wildman–Crippen LogP) is 2.91. The molecule has 0 fully saturated rings. The zero-order chi connectivity index (χ0) is 16.2. The molecule has 2 aromatic heterocycles. The van der Waals surface area contributed by atoms with E-state index in [0.717, 1.165) is 5.56 Å². The Bertz CT molecular complexity index is 810. The molecule has 2 heterocycles. The molecule has 0 atom stereocenters. The highest BCUT2D eigenvalue weighted by molar-refractivity contribution is 5.91. The maximum atomic E-state index is 11.2. The molecule has 0 aliphatic carbocycles. The summed E-state index contributed by atoms with van der Waals surface area (Å²) in [6.07, 6.45) is 3.08. The van der Waals surface area contributed by atoms with Crippen LogP contribution in [-0.4, -0.2) is 21.1 Å². The third kappa shape index (κ3) is 3.35. The van der Waals surface area contributed by atoms with Crippen LogP contribution < -0.4 is 10.8 Å². The fraction of sp³-hybridized carbons (Fsp3) is 0.0625. The van der Waals surface area contributed by atoms with Crippen molar-refractivity contribution in [3.05, 3.63) is 60.0 Å². The van der Waals surface area contributed by atoms with Crippen molar-refractivity contribution in [3.8, 4) is 11.3 Å². The summed E-state index contributed by atoms with van der Waals surface area (Å²) in [5.74, 6) is -0.0222. The Morgan fingerprint density at radius 1 is 1.09 bits per heavy atom. The number of carbonyl (C=O) groups excluding carboxylic acids is 1. The van der Waals surface area contributed by atoms with E-state index in [0.29, 0.717) is 17.5 Å². The second-order valence-corrected chi connectivity index (χ2v) is 4.89. The van der Waals surface area contributed by atoms with Crippen molar-refractivity contribution >= 4 is 17.6 Å². The van der Waals surface area contributed by atoms with Gasteiger partial charge in [-0.15, -0.1) is 0 Å². The maximum absolute atomic E-state index is 11.2. The average molecular weight is 310 g/mol. The molecule has 116 valence electrons. The molecular formula is C16H14N4O3. The number of nitrogens with zero attached hydrogens (tertiary/aromatic N) is 2. The van der Waals surface area contributed by atoms with E-state index in [2.05, 4.69) is 15.3 Å². The second-order valence-electron chi connectivity index (χ2n) is 4.89. The van der Waals surface area contributed by atoms with Crippen LogP contribution in [0.5, 0.6) is 0 Å². The molecule has 0 spiro atoms. The Labute approximate surface area is 132 Å². The van der Waals surface area contributed by atoms with Gasteiger partial charge in [-0.05, 0) is 19.1 Å². The molecule has 0 saturated carbocycles. The summed E-state index contributed by atoms with van der Waals surface area (Å²) in [6, 6.07) is 11.3. The largest absolute Gasteiger partial charge is 0.423 e. The van der Waals surface area contributed by atoms with Gasteiger partial charge in [-0.3, -0.25) is 10.0 Å². The number of aryl methyl sites for hydroxylation is 1. The summed E-state index contributed by atoms with van der Waals surface area (Å²) < 4.78 is 5.64. The fourth-order valence-corrected chi connectivity index (χ4v) is 1.97. The van der Waals surface area contributed by atoms with Crippen LogP contribution in [-0.2, 0) is 0 Å². The van der Waals surface area contributed by atoms with E-state index >= 15 is 0 Å². The van der Waals surface area contributed by atoms with Crippen LogP contribution in [0.15, 0.2) is 53.2 Å². The lowest BCUT2D eigenvalue weighted by Crippen LogP contribution is -2.19. The van der Waals surface area contributed by atoms with Crippen molar-refractivity contribution in [3.63, 3.8) is 0 Å². The molecule has 1 aromatic carbocycles. The number of pyridine rings is 1. The van der Waals surface area contributed by atoms with E-state index in [-0.39, 0.29) is 5.69 Å². The van der Waals surface area contributed by atoms with Crippen molar-refractivity contribution in [1.29, 1.82) is 0 Å². The first-order valence-corrected chi connectivity index (χ1v) is 6.86. The Hall–Kier alpha value is -3.19. The van der Waals surface area contributed by atoms with Crippen molar-refractivity contribution in [2.75, 3.05) is 5.32 Å². The summed E-state index contributed by atoms with van der Waals surface area (Å²) in [5, 5.41) is 11.5. The molecule has 3 N–H and O–H groups in total. The van der Waals surface area contributed by atoms with Crippen molar-refractivity contribution < 1.29 is 14.4 Å². The van der Waals surface area contributed by atoms with Gasteiger partial charge in [0.25, 0.3) is 11.9 Å². The molecular weight excluding hydrogens is 296 g/mol. The standard InChI is InChI=1S/C16H14N4O3/c1-10-2-4-11(5-3-10)14-9-18-16(23-14)19-12-6-7-13(17-8-12)15(21)20-22/h2-9,22H,1H3,(H,18,19)(H,20,21). The summed E-state index contributed by atoms with van der Waals surface area (Å²) >= 11 is 0. The number of amides is 1. The van der Waals surface area contributed by atoms with E-state index < -0.39 is 5.91 Å². The van der Waals surface area contributed by atoms with Crippen LogP contribution in [0.2, 0.25) is 0 Å². The summed E-state index contributed by atoms with van der Waals surface area (Å²) in [6.45, 7) is 2.02. The van der Waals surface area contributed by atoms with Gasteiger partial charge in [-0.2, -0.15) is 0 Å². The number of aromatic nitrogens is 2. The minimum absolute atomic E-state index is 0.103. The van der Waals surface area contributed by atoms with E-state index in [1.54, 1.807) is 12.3 Å². The monoisotopic (exact) mass is 310 g/mol. The first-order valence-electron chi connectivity index (χ1n) is 6.86. The van der Waals surface area contributed by atoms with Gasteiger partial charge >= 0.3 is 0 Å². The quantitative estimate of drug-likeness (QED) is 0.506. The van der Waals surface area contributed by atoms with Crippen LogP contribution in [0.25, 0.3) is 11.3 Å². The average Bonchev–Trinajstić information content (AvgIpc) is 3.04. The van der Waals surface area contributed by atoms with E-state index in [1.165, 1.54) is 23.3 Å². The van der Waals surface area contributed by atoms with Gasteiger partial charge in [0.15, 0.2) is 5.76 Å². The number of anilines is 2. The number of hydrogen-bond acceptors (Lipinski definition) is 6. The van der Waals surface area contributed by atoms with Crippen LogP contribution in [0.1, 0.15) is 16.1 Å².